The van der Waals surface area contributed by atoms with Crippen LogP contribution in [0.15, 0.2) is 35.7 Å². The highest BCUT2D eigenvalue weighted by Crippen LogP contribution is 2.37. The number of aromatic nitrogens is 2. The molecule has 0 amide bonds. The molecule has 21 heavy (non-hydrogen) atoms. The van der Waals surface area contributed by atoms with Gasteiger partial charge in [0.2, 0.25) is 0 Å². The first-order chi connectivity index (χ1) is 10.3. The van der Waals surface area contributed by atoms with Gasteiger partial charge in [-0.15, -0.1) is 11.3 Å². The first kappa shape index (κ1) is 12.9. The number of piperidine rings is 1. The smallest absolute Gasteiger partial charge is 0.151 e. The summed E-state index contributed by atoms with van der Waals surface area (Å²) in [7, 11) is 0. The van der Waals surface area contributed by atoms with Crippen molar-refractivity contribution in [1.29, 1.82) is 0 Å². The molecule has 1 aliphatic rings. The van der Waals surface area contributed by atoms with E-state index in [2.05, 4.69) is 21.3 Å². The van der Waals surface area contributed by atoms with Crippen molar-refractivity contribution in [2.45, 2.75) is 18.9 Å². The average molecular weight is 299 g/mol. The molecule has 5 heteroatoms. The van der Waals surface area contributed by atoms with Gasteiger partial charge in [0.15, 0.2) is 5.82 Å². The second-order valence-corrected chi connectivity index (χ2v) is 6.36. The van der Waals surface area contributed by atoms with E-state index in [-0.39, 0.29) is 0 Å². The number of rotatable bonds is 2. The van der Waals surface area contributed by atoms with Crippen LogP contribution in [0.2, 0.25) is 0 Å². The van der Waals surface area contributed by atoms with E-state index in [1.165, 1.54) is 0 Å². The summed E-state index contributed by atoms with van der Waals surface area (Å²) in [6.07, 6.45) is 2.14. The maximum Gasteiger partial charge on any atom is 0.151 e. The van der Waals surface area contributed by atoms with Crippen LogP contribution >= 0.6 is 11.3 Å². The second kappa shape index (κ2) is 5.16. The predicted molar refractivity (Wildman–Crippen MR) is 85.9 cm³/mol. The lowest BCUT2D eigenvalue weighted by Gasteiger charge is -2.26. The number of para-hydroxylation sites is 1. The fraction of sp³-hybridized carbons (Fsp3) is 0.312. The molecule has 3 aromatic rings. The molecule has 1 fully saturated rings. The number of thiophene rings is 1. The molecular weight excluding hydrogens is 282 g/mol. The van der Waals surface area contributed by atoms with Crippen LogP contribution in [-0.2, 0) is 0 Å². The van der Waals surface area contributed by atoms with Crippen LogP contribution in [0.4, 0.5) is 0 Å². The van der Waals surface area contributed by atoms with Crippen molar-refractivity contribution in [3.63, 3.8) is 0 Å². The average Bonchev–Trinajstić information content (AvgIpc) is 3.16. The van der Waals surface area contributed by atoms with Crippen molar-refractivity contribution in [3.8, 4) is 16.5 Å². The van der Waals surface area contributed by atoms with Crippen LogP contribution in [0.5, 0.6) is 5.75 Å². The Labute approximate surface area is 127 Å². The number of phenolic OH excluding ortho intramolecular Hbond substituents is 1. The number of benzene rings is 1. The molecule has 0 unspecified atom stereocenters. The van der Waals surface area contributed by atoms with Gasteiger partial charge in [-0.1, -0.05) is 12.1 Å². The van der Waals surface area contributed by atoms with Gasteiger partial charge in [0.25, 0.3) is 0 Å². The SMILES string of the molecule is Oc1cccc2nc(-c3cccs3)n(C3CCNCC3)c12. The van der Waals surface area contributed by atoms with Gasteiger partial charge in [0.05, 0.1) is 10.4 Å². The number of phenols is 1. The molecule has 0 aliphatic carbocycles. The van der Waals surface area contributed by atoms with Crippen molar-refractivity contribution >= 4 is 22.4 Å². The van der Waals surface area contributed by atoms with Crippen LogP contribution in [0.3, 0.4) is 0 Å². The van der Waals surface area contributed by atoms with Gasteiger partial charge >= 0.3 is 0 Å². The van der Waals surface area contributed by atoms with Crippen LogP contribution in [-0.4, -0.2) is 27.7 Å². The summed E-state index contributed by atoms with van der Waals surface area (Å²) in [5.74, 6) is 1.30. The lowest BCUT2D eigenvalue weighted by molar-refractivity contribution is 0.374. The largest absolute Gasteiger partial charge is 0.506 e. The van der Waals surface area contributed by atoms with Gasteiger partial charge in [-0.25, -0.2) is 4.98 Å². The van der Waals surface area contributed by atoms with Gasteiger partial charge in [0.1, 0.15) is 11.3 Å². The van der Waals surface area contributed by atoms with Gasteiger partial charge in [-0.05, 0) is 49.5 Å². The van der Waals surface area contributed by atoms with E-state index in [1.54, 1.807) is 17.4 Å². The normalized spacial score (nSPS) is 16.6. The summed E-state index contributed by atoms with van der Waals surface area (Å²) in [5, 5.41) is 15.8. The Hall–Kier alpha value is -1.85. The van der Waals surface area contributed by atoms with Crippen molar-refractivity contribution in [2.24, 2.45) is 0 Å². The van der Waals surface area contributed by atoms with E-state index in [0.29, 0.717) is 11.8 Å². The number of hydrogen-bond donors (Lipinski definition) is 2. The first-order valence-electron chi connectivity index (χ1n) is 7.29. The highest BCUT2D eigenvalue weighted by molar-refractivity contribution is 7.13. The Morgan fingerprint density at radius 3 is 2.81 bits per heavy atom. The fourth-order valence-corrected chi connectivity index (χ4v) is 3.84. The Kier molecular flexibility index (Phi) is 3.16. The zero-order chi connectivity index (χ0) is 14.2. The minimum atomic E-state index is 0.321. The molecular formula is C16H17N3OS. The number of nitrogens with one attached hydrogen (secondary N) is 1. The number of imidazole rings is 1. The van der Waals surface area contributed by atoms with Crippen LogP contribution < -0.4 is 5.32 Å². The van der Waals surface area contributed by atoms with E-state index < -0.39 is 0 Å². The quantitative estimate of drug-likeness (QED) is 0.762. The summed E-state index contributed by atoms with van der Waals surface area (Å²) >= 11 is 1.69. The Balaban J connectivity index is 1.97. The van der Waals surface area contributed by atoms with E-state index in [1.807, 2.05) is 18.2 Å². The third kappa shape index (κ3) is 2.13. The Bertz CT molecular complexity index is 757. The number of nitrogens with zero attached hydrogens (tertiary/aromatic N) is 2. The molecule has 3 heterocycles. The summed E-state index contributed by atoms with van der Waals surface area (Å²) in [5.41, 5.74) is 1.74. The molecule has 0 atom stereocenters. The minimum absolute atomic E-state index is 0.321. The van der Waals surface area contributed by atoms with Crippen molar-refractivity contribution in [2.75, 3.05) is 13.1 Å². The summed E-state index contributed by atoms with van der Waals surface area (Å²) in [6, 6.07) is 10.1. The molecule has 1 saturated heterocycles. The number of fused-ring (bicyclic) bond motifs is 1. The van der Waals surface area contributed by atoms with Gasteiger partial charge < -0.3 is 15.0 Å². The van der Waals surface area contributed by atoms with E-state index in [4.69, 9.17) is 4.98 Å². The summed E-state index contributed by atoms with van der Waals surface area (Å²) in [4.78, 5) is 5.94. The molecule has 4 rings (SSSR count). The Morgan fingerprint density at radius 1 is 1.19 bits per heavy atom. The topological polar surface area (TPSA) is 50.1 Å². The van der Waals surface area contributed by atoms with Crippen molar-refractivity contribution in [3.05, 3.63) is 35.7 Å². The lowest BCUT2D eigenvalue weighted by atomic mass is 10.1. The molecule has 2 N–H and O–H groups in total. The number of hydrogen-bond acceptors (Lipinski definition) is 4. The van der Waals surface area contributed by atoms with Gasteiger partial charge in [-0.3, -0.25) is 0 Å². The zero-order valence-corrected chi connectivity index (χ0v) is 12.4. The fourth-order valence-electron chi connectivity index (χ4n) is 3.13. The maximum atomic E-state index is 10.3. The van der Waals surface area contributed by atoms with Crippen molar-refractivity contribution < 1.29 is 5.11 Å². The highest BCUT2D eigenvalue weighted by atomic mass is 32.1. The molecule has 0 radical (unpaired) electrons. The highest BCUT2D eigenvalue weighted by Gasteiger charge is 2.23. The molecule has 2 aromatic heterocycles. The van der Waals surface area contributed by atoms with Crippen LogP contribution in [0.25, 0.3) is 21.7 Å². The lowest BCUT2D eigenvalue weighted by Crippen LogP contribution is -2.29. The van der Waals surface area contributed by atoms with E-state index in [9.17, 15) is 5.11 Å². The monoisotopic (exact) mass is 299 g/mol. The molecule has 0 bridgehead atoms. The third-order valence-electron chi connectivity index (χ3n) is 4.10. The van der Waals surface area contributed by atoms with Gasteiger partial charge in [0, 0.05) is 6.04 Å². The predicted octanol–water partition coefficient (Wildman–Crippen LogP) is 3.39. The molecule has 108 valence electrons. The standard InChI is InChI=1S/C16H17N3OS/c20-13-4-1-3-12-15(13)19(11-6-8-17-9-7-11)16(18-12)14-5-2-10-21-14/h1-5,10-11,17,20H,6-9H2. The zero-order valence-electron chi connectivity index (χ0n) is 11.6. The summed E-state index contributed by atoms with van der Waals surface area (Å²) in [6.45, 7) is 2.03. The molecule has 0 saturated carbocycles. The summed E-state index contributed by atoms with van der Waals surface area (Å²) < 4.78 is 2.25. The first-order valence-corrected chi connectivity index (χ1v) is 8.17. The van der Waals surface area contributed by atoms with Gasteiger partial charge in [-0.2, -0.15) is 0 Å². The molecule has 1 aromatic carbocycles. The minimum Gasteiger partial charge on any atom is -0.506 e. The van der Waals surface area contributed by atoms with Crippen LogP contribution in [0.1, 0.15) is 18.9 Å². The Morgan fingerprint density at radius 2 is 2.05 bits per heavy atom. The molecule has 1 aliphatic heterocycles. The van der Waals surface area contributed by atoms with E-state index in [0.717, 1.165) is 47.7 Å². The third-order valence-corrected chi connectivity index (χ3v) is 4.97. The molecule has 4 nitrogen and oxygen atoms in total. The van der Waals surface area contributed by atoms with Crippen LogP contribution in [0, 0.1) is 0 Å². The maximum absolute atomic E-state index is 10.3. The second-order valence-electron chi connectivity index (χ2n) is 5.41. The van der Waals surface area contributed by atoms with Crippen molar-refractivity contribution in [1.82, 2.24) is 14.9 Å². The molecule has 0 spiro atoms. The number of aromatic hydroxyl groups is 1. The van der Waals surface area contributed by atoms with E-state index >= 15 is 0 Å².